The van der Waals surface area contributed by atoms with Crippen LogP contribution in [0, 0.1) is 0 Å². The zero-order valence-corrected chi connectivity index (χ0v) is 9.46. The van der Waals surface area contributed by atoms with Crippen LogP contribution in [0.4, 0.5) is 0 Å². The van der Waals surface area contributed by atoms with Crippen molar-refractivity contribution < 1.29 is 24.9 Å². The molecule has 4 N–H and O–H groups in total. The summed E-state index contributed by atoms with van der Waals surface area (Å²) in [6.07, 6.45) is 2.14. The molecule has 0 aliphatic rings. The molecule has 0 atom stereocenters. The van der Waals surface area contributed by atoms with Gasteiger partial charge in [0.2, 0.25) is 5.91 Å². The van der Waals surface area contributed by atoms with Gasteiger partial charge >= 0.3 is 5.97 Å². The Morgan fingerprint density at radius 3 is 2.50 bits per heavy atom. The Morgan fingerprint density at radius 2 is 1.89 bits per heavy atom. The van der Waals surface area contributed by atoms with Crippen molar-refractivity contribution in [1.82, 2.24) is 5.32 Å². The van der Waals surface area contributed by atoms with E-state index in [2.05, 4.69) is 5.32 Å². The van der Waals surface area contributed by atoms with Crippen LogP contribution in [0.25, 0.3) is 0 Å². The number of carbonyl (C=O) groups is 2. The summed E-state index contributed by atoms with van der Waals surface area (Å²) in [5.41, 5.74) is 0.743. The molecule has 1 rings (SSSR count). The highest BCUT2D eigenvalue weighted by atomic mass is 16.4. The van der Waals surface area contributed by atoms with Gasteiger partial charge in [-0.15, -0.1) is 0 Å². The van der Waals surface area contributed by atoms with Crippen LogP contribution >= 0.6 is 0 Å². The molecule has 0 spiro atoms. The number of hydrogen-bond acceptors (Lipinski definition) is 4. The lowest BCUT2D eigenvalue weighted by Crippen LogP contribution is -2.23. The lowest BCUT2D eigenvalue weighted by molar-refractivity contribution is -0.131. The molecule has 1 amide bonds. The smallest absolute Gasteiger partial charge is 0.328 e. The number of hydrogen-bond donors (Lipinski definition) is 4. The van der Waals surface area contributed by atoms with Gasteiger partial charge in [-0.1, -0.05) is 6.07 Å². The first-order chi connectivity index (χ1) is 8.49. The second-order valence-corrected chi connectivity index (χ2v) is 3.54. The molecule has 1 aromatic rings. The van der Waals surface area contributed by atoms with Gasteiger partial charge in [-0.25, -0.2) is 4.79 Å². The predicted octanol–water partition coefficient (Wildman–Crippen LogP) is 0.397. The van der Waals surface area contributed by atoms with Crippen molar-refractivity contribution in [2.75, 3.05) is 6.54 Å². The van der Waals surface area contributed by atoms with Crippen molar-refractivity contribution in [3.05, 3.63) is 35.9 Å². The van der Waals surface area contributed by atoms with Crippen LogP contribution in [0.5, 0.6) is 11.5 Å². The number of phenols is 2. The molecule has 0 heterocycles. The third-order valence-corrected chi connectivity index (χ3v) is 2.13. The number of carboxylic acid groups (broad SMARTS) is 1. The van der Waals surface area contributed by atoms with Crippen LogP contribution in [0.2, 0.25) is 0 Å². The van der Waals surface area contributed by atoms with Gasteiger partial charge in [0.25, 0.3) is 0 Å². The van der Waals surface area contributed by atoms with E-state index in [9.17, 15) is 14.7 Å². The Balaban J connectivity index is 2.39. The molecule has 0 aliphatic heterocycles. The zero-order valence-electron chi connectivity index (χ0n) is 9.46. The van der Waals surface area contributed by atoms with E-state index in [0.717, 1.165) is 17.7 Å². The summed E-state index contributed by atoms with van der Waals surface area (Å²) in [5, 5.41) is 29.1. The Hall–Kier alpha value is -2.50. The van der Waals surface area contributed by atoms with Crippen LogP contribution in [0.3, 0.4) is 0 Å². The van der Waals surface area contributed by atoms with E-state index in [4.69, 9.17) is 10.2 Å². The maximum absolute atomic E-state index is 11.1. The van der Waals surface area contributed by atoms with Gasteiger partial charge in [-0.3, -0.25) is 4.79 Å². The second-order valence-electron chi connectivity index (χ2n) is 3.54. The first-order valence-electron chi connectivity index (χ1n) is 5.18. The Kier molecular flexibility index (Phi) is 4.74. The zero-order chi connectivity index (χ0) is 13.5. The minimum Gasteiger partial charge on any atom is -0.504 e. The first-order valence-corrected chi connectivity index (χ1v) is 5.18. The highest BCUT2D eigenvalue weighted by molar-refractivity contribution is 5.93. The minimum atomic E-state index is -1.19. The molecule has 0 aromatic heterocycles. The normalized spacial score (nSPS) is 10.4. The lowest BCUT2D eigenvalue weighted by atomic mass is 10.1. The molecule has 0 saturated heterocycles. The summed E-state index contributed by atoms with van der Waals surface area (Å²) in [4.78, 5) is 21.3. The van der Waals surface area contributed by atoms with Gasteiger partial charge in [-0.05, 0) is 24.1 Å². The molecule has 6 heteroatoms. The van der Waals surface area contributed by atoms with Gasteiger partial charge in [0, 0.05) is 18.7 Å². The molecule has 0 aliphatic carbocycles. The monoisotopic (exact) mass is 251 g/mol. The van der Waals surface area contributed by atoms with Gasteiger partial charge in [0.15, 0.2) is 11.5 Å². The van der Waals surface area contributed by atoms with Crippen LogP contribution in [-0.2, 0) is 16.0 Å². The third-order valence-electron chi connectivity index (χ3n) is 2.13. The maximum atomic E-state index is 11.1. The average molecular weight is 251 g/mol. The standard InChI is InChI=1S/C12H13NO5/c14-9-2-1-8(7-10(9)15)5-6-13-11(16)3-4-12(17)18/h1-4,7,14-15H,5-6H2,(H,13,16)(H,17,18)/b4-3-. The van der Waals surface area contributed by atoms with Gasteiger partial charge in [-0.2, -0.15) is 0 Å². The molecular formula is C12H13NO5. The fraction of sp³-hybridized carbons (Fsp3) is 0.167. The van der Waals surface area contributed by atoms with Gasteiger partial charge in [0.05, 0.1) is 0 Å². The predicted molar refractivity (Wildman–Crippen MR) is 63.3 cm³/mol. The van der Waals surface area contributed by atoms with Crippen molar-refractivity contribution in [3.63, 3.8) is 0 Å². The number of aliphatic carboxylic acids is 1. The SMILES string of the molecule is O=C(O)/C=C\C(=O)NCCc1ccc(O)c(O)c1. The maximum Gasteiger partial charge on any atom is 0.328 e. The van der Waals surface area contributed by atoms with Gasteiger partial charge in [0.1, 0.15) is 0 Å². The van der Waals surface area contributed by atoms with E-state index >= 15 is 0 Å². The fourth-order valence-corrected chi connectivity index (χ4v) is 1.26. The number of phenolic OH excluding ortho intramolecular Hbond substituents is 2. The lowest BCUT2D eigenvalue weighted by Gasteiger charge is -2.04. The molecule has 0 saturated carbocycles. The van der Waals surface area contributed by atoms with Crippen LogP contribution in [0.15, 0.2) is 30.4 Å². The molecule has 18 heavy (non-hydrogen) atoms. The second kappa shape index (κ2) is 6.29. The molecule has 0 unspecified atom stereocenters. The fourth-order valence-electron chi connectivity index (χ4n) is 1.26. The van der Waals surface area contributed by atoms with E-state index in [0.29, 0.717) is 13.0 Å². The molecule has 0 fully saturated rings. The van der Waals surface area contributed by atoms with E-state index in [1.54, 1.807) is 6.07 Å². The average Bonchev–Trinajstić information content (AvgIpc) is 2.31. The van der Waals surface area contributed by atoms with E-state index < -0.39 is 11.9 Å². The topological polar surface area (TPSA) is 107 Å². The van der Waals surface area contributed by atoms with Gasteiger partial charge < -0.3 is 20.6 Å². The van der Waals surface area contributed by atoms with Crippen molar-refractivity contribution in [3.8, 4) is 11.5 Å². The molecule has 96 valence electrons. The van der Waals surface area contributed by atoms with Crippen molar-refractivity contribution in [2.45, 2.75) is 6.42 Å². The highest BCUT2D eigenvalue weighted by Gasteiger charge is 2.01. The highest BCUT2D eigenvalue weighted by Crippen LogP contribution is 2.24. The Bertz CT molecular complexity index is 481. The van der Waals surface area contributed by atoms with Crippen LogP contribution in [0.1, 0.15) is 5.56 Å². The van der Waals surface area contributed by atoms with E-state index in [-0.39, 0.29) is 11.5 Å². The number of carboxylic acids is 1. The largest absolute Gasteiger partial charge is 0.504 e. The Morgan fingerprint density at radius 1 is 1.17 bits per heavy atom. The van der Waals surface area contributed by atoms with Crippen LogP contribution in [-0.4, -0.2) is 33.7 Å². The Labute approximate surface area is 103 Å². The number of aromatic hydroxyl groups is 2. The van der Waals surface area contributed by atoms with Crippen molar-refractivity contribution in [2.24, 2.45) is 0 Å². The summed E-state index contributed by atoms with van der Waals surface area (Å²) in [5.74, 6) is -2.11. The number of carbonyl (C=O) groups excluding carboxylic acids is 1. The summed E-state index contributed by atoms with van der Waals surface area (Å²) in [6, 6.07) is 4.37. The quantitative estimate of drug-likeness (QED) is 0.447. The van der Waals surface area contributed by atoms with E-state index in [1.807, 2.05) is 0 Å². The summed E-state index contributed by atoms with van der Waals surface area (Å²) >= 11 is 0. The van der Waals surface area contributed by atoms with E-state index in [1.165, 1.54) is 12.1 Å². The molecule has 1 aromatic carbocycles. The number of amides is 1. The molecule has 0 bridgehead atoms. The number of rotatable bonds is 5. The summed E-state index contributed by atoms with van der Waals surface area (Å²) in [6.45, 7) is 0.299. The molecule has 6 nitrogen and oxygen atoms in total. The number of nitrogens with one attached hydrogen (secondary N) is 1. The minimum absolute atomic E-state index is 0.202. The number of benzene rings is 1. The van der Waals surface area contributed by atoms with Crippen LogP contribution < -0.4 is 5.32 Å². The van der Waals surface area contributed by atoms with Crippen molar-refractivity contribution in [1.29, 1.82) is 0 Å². The summed E-state index contributed by atoms with van der Waals surface area (Å²) in [7, 11) is 0. The third kappa shape index (κ3) is 4.56. The van der Waals surface area contributed by atoms with Crippen molar-refractivity contribution >= 4 is 11.9 Å². The molecular weight excluding hydrogens is 238 g/mol. The first kappa shape index (κ1) is 13.6. The molecule has 0 radical (unpaired) electrons. The summed E-state index contributed by atoms with van der Waals surface area (Å²) < 4.78 is 0.